The van der Waals surface area contributed by atoms with Crippen LogP contribution < -0.4 is 5.32 Å². The van der Waals surface area contributed by atoms with E-state index in [1.165, 1.54) is 23.4 Å². The van der Waals surface area contributed by atoms with Gasteiger partial charge in [0.1, 0.15) is 0 Å². The molecule has 0 fully saturated rings. The smallest absolute Gasteiger partial charge is 0.0963 e. The molecule has 1 aliphatic rings. The summed E-state index contributed by atoms with van der Waals surface area (Å²) in [6.07, 6.45) is 3.43. The first-order chi connectivity index (χ1) is 7.34. The zero-order chi connectivity index (χ0) is 10.5. The predicted molar refractivity (Wildman–Crippen MR) is 64.4 cm³/mol. The van der Waals surface area contributed by atoms with E-state index in [-0.39, 0.29) is 0 Å². The maximum atomic E-state index is 4.39. The number of amidine groups is 1. The minimum absolute atomic E-state index is 1.00. The normalized spacial score (nSPS) is 15.1. The lowest BCUT2D eigenvalue weighted by Crippen LogP contribution is -2.23. The summed E-state index contributed by atoms with van der Waals surface area (Å²) in [5, 5.41) is 3.40. The summed E-state index contributed by atoms with van der Waals surface area (Å²) in [7, 11) is 0. The Hall–Kier alpha value is -1.31. The number of benzene rings is 1. The monoisotopic (exact) mass is 202 g/mol. The highest BCUT2D eigenvalue weighted by atomic mass is 15.0. The van der Waals surface area contributed by atoms with Gasteiger partial charge < -0.3 is 5.32 Å². The molecule has 0 spiro atoms. The van der Waals surface area contributed by atoms with Gasteiger partial charge in [-0.15, -0.1) is 0 Å². The molecule has 0 aromatic heterocycles. The predicted octanol–water partition coefficient (Wildman–Crippen LogP) is 2.32. The second-order valence-corrected chi connectivity index (χ2v) is 4.10. The van der Waals surface area contributed by atoms with Crippen LogP contribution in [0, 0.1) is 6.92 Å². The van der Waals surface area contributed by atoms with Crippen LogP contribution in [0.15, 0.2) is 29.3 Å². The van der Waals surface area contributed by atoms with E-state index < -0.39 is 0 Å². The lowest BCUT2D eigenvalue weighted by molar-refractivity contribution is 0.851. The fraction of sp³-hybridized carbons (Fsp3) is 0.462. The molecule has 0 saturated heterocycles. The zero-order valence-electron chi connectivity index (χ0n) is 9.29. The minimum atomic E-state index is 1.00. The van der Waals surface area contributed by atoms with Crippen molar-refractivity contribution in [2.45, 2.75) is 26.2 Å². The van der Waals surface area contributed by atoms with Gasteiger partial charge in [-0.05, 0) is 25.3 Å². The number of hydrogen-bond acceptors (Lipinski definition) is 2. The van der Waals surface area contributed by atoms with Crippen molar-refractivity contribution in [1.82, 2.24) is 5.32 Å². The lowest BCUT2D eigenvalue weighted by atomic mass is 10.1. The number of aliphatic imine (C=N–C) groups is 1. The Kier molecular flexibility index (Phi) is 3.38. The molecule has 0 bridgehead atoms. The van der Waals surface area contributed by atoms with Crippen molar-refractivity contribution in [3.05, 3.63) is 35.4 Å². The second kappa shape index (κ2) is 4.96. The summed E-state index contributed by atoms with van der Waals surface area (Å²) in [6.45, 7) is 4.15. The van der Waals surface area contributed by atoms with E-state index in [0.717, 1.165) is 25.9 Å². The van der Waals surface area contributed by atoms with Crippen LogP contribution in [0.1, 0.15) is 24.0 Å². The van der Waals surface area contributed by atoms with E-state index in [9.17, 15) is 0 Å². The van der Waals surface area contributed by atoms with Crippen molar-refractivity contribution < 1.29 is 0 Å². The molecule has 1 aromatic rings. The first-order valence-corrected chi connectivity index (χ1v) is 5.67. The third-order valence-electron chi connectivity index (χ3n) is 2.70. The quantitative estimate of drug-likeness (QED) is 0.799. The second-order valence-electron chi connectivity index (χ2n) is 4.10. The molecule has 2 heteroatoms. The zero-order valence-corrected chi connectivity index (χ0v) is 9.29. The summed E-state index contributed by atoms with van der Waals surface area (Å²) in [5.74, 6) is 1.20. The summed E-state index contributed by atoms with van der Waals surface area (Å²) in [5.41, 5.74) is 2.74. The van der Waals surface area contributed by atoms with Gasteiger partial charge in [0.15, 0.2) is 0 Å². The molecule has 2 rings (SSSR count). The molecule has 0 aliphatic carbocycles. The van der Waals surface area contributed by atoms with E-state index in [2.05, 4.69) is 41.5 Å². The molecule has 1 N–H and O–H groups in total. The van der Waals surface area contributed by atoms with E-state index in [0.29, 0.717) is 0 Å². The van der Waals surface area contributed by atoms with Crippen molar-refractivity contribution in [2.75, 3.05) is 13.1 Å². The third-order valence-corrected chi connectivity index (χ3v) is 2.70. The molecule has 80 valence electrons. The summed E-state index contributed by atoms with van der Waals surface area (Å²) in [4.78, 5) is 4.39. The minimum Gasteiger partial charge on any atom is -0.374 e. The Morgan fingerprint density at radius 2 is 2.33 bits per heavy atom. The maximum absolute atomic E-state index is 4.39. The van der Waals surface area contributed by atoms with Crippen molar-refractivity contribution in [1.29, 1.82) is 0 Å². The Morgan fingerprint density at radius 1 is 1.40 bits per heavy atom. The van der Waals surface area contributed by atoms with Gasteiger partial charge in [0.25, 0.3) is 0 Å². The number of nitrogens with one attached hydrogen (secondary N) is 1. The number of aryl methyl sites for hydroxylation is 1. The topological polar surface area (TPSA) is 24.4 Å². The maximum Gasteiger partial charge on any atom is 0.0963 e. The van der Waals surface area contributed by atoms with Gasteiger partial charge in [-0.1, -0.05) is 29.8 Å². The highest BCUT2D eigenvalue weighted by molar-refractivity contribution is 5.83. The van der Waals surface area contributed by atoms with E-state index in [1.54, 1.807) is 0 Å². The molecule has 1 heterocycles. The van der Waals surface area contributed by atoms with Crippen LogP contribution in [0.3, 0.4) is 0 Å². The highest BCUT2D eigenvalue weighted by Gasteiger charge is 2.04. The van der Waals surface area contributed by atoms with Crippen LogP contribution in [0.4, 0.5) is 0 Å². The molecular formula is C13H18N2. The number of hydrogen-bond donors (Lipinski definition) is 1. The SMILES string of the molecule is Cc1cccc(CCNC2=NCCC2)c1. The molecule has 2 nitrogen and oxygen atoms in total. The average Bonchev–Trinajstić information content (AvgIpc) is 2.71. The molecular weight excluding hydrogens is 184 g/mol. The molecule has 1 aromatic carbocycles. The number of rotatable bonds is 3. The Balaban J connectivity index is 1.78. The first kappa shape index (κ1) is 10.2. The standard InChI is InChI=1S/C13H18N2/c1-11-4-2-5-12(10-11)7-9-15-13-6-3-8-14-13/h2,4-5,10H,3,6-9H2,1H3,(H,14,15). The Morgan fingerprint density at radius 3 is 3.07 bits per heavy atom. The molecule has 0 atom stereocenters. The van der Waals surface area contributed by atoms with Gasteiger partial charge in [0, 0.05) is 19.5 Å². The van der Waals surface area contributed by atoms with Gasteiger partial charge >= 0.3 is 0 Å². The third kappa shape index (κ3) is 3.08. The van der Waals surface area contributed by atoms with Crippen LogP contribution in [0.25, 0.3) is 0 Å². The van der Waals surface area contributed by atoms with E-state index in [4.69, 9.17) is 0 Å². The van der Waals surface area contributed by atoms with E-state index >= 15 is 0 Å². The molecule has 0 radical (unpaired) electrons. The van der Waals surface area contributed by atoms with Crippen LogP contribution in [-0.2, 0) is 6.42 Å². The fourth-order valence-corrected chi connectivity index (χ4v) is 1.90. The van der Waals surface area contributed by atoms with Gasteiger partial charge in [-0.3, -0.25) is 4.99 Å². The Labute approximate surface area is 91.4 Å². The van der Waals surface area contributed by atoms with Crippen molar-refractivity contribution >= 4 is 5.84 Å². The van der Waals surface area contributed by atoms with Gasteiger partial charge in [0.05, 0.1) is 5.84 Å². The lowest BCUT2D eigenvalue weighted by Gasteiger charge is -2.06. The summed E-state index contributed by atoms with van der Waals surface area (Å²) >= 11 is 0. The van der Waals surface area contributed by atoms with Crippen LogP contribution in [-0.4, -0.2) is 18.9 Å². The van der Waals surface area contributed by atoms with E-state index in [1.807, 2.05) is 0 Å². The molecule has 0 unspecified atom stereocenters. The molecule has 15 heavy (non-hydrogen) atoms. The van der Waals surface area contributed by atoms with Crippen LogP contribution in [0.2, 0.25) is 0 Å². The largest absolute Gasteiger partial charge is 0.374 e. The molecule has 0 amide bonds. The van der Waals surface area contributed by atoms with Gasteiger partial charge in [-0.2, -0.15) is 0 Å². The number of nitrogens with zero attached hydrogens (tertiary/aromatic N) is 1. The van der Waals surface area contributed by atoms with Crippen molar-refractivity contribution in [2.24, 2.45) is 4.99 Å². The van der Waals surface area contributed by atoms with Gasteiger partial charge in [-0.25, -0.2) is 0 Å². The summed E-state index contributed by atoms with van der Waals surface area (Å²) in [6, 6.07) is 8.69. The molecule has 1 aliphatic heterocycles. The van der Waals surface area contributed by atoms with Crippen molar-refractivity contribution in [3.63, 3.8) is 0 Å². The highest BCUT2D eigenvalue weighted by Crippen LogP contribution is 2.05. The van der Waals surface area contributed by atoms with Crippen LogP contribution in [0.5, 0.6) is 0 Å². The van der Waals surface area contributed by atoms with Crippen LogP contribution >= 0.6 is 0 Å². The average molecular weight is 202 g/mol. The summed E-state index contributed by atoms with van der Waals surface area (Å²) < 4.78 is 0. The molecule has 0 saturated carbocycles. The van der Waals surface area contributed by atoms with Gasteiger partial charge in [0.2, 0.25) is 0 Å². The van der Waals surface area contributed by atoms with Crippen molar-refractivity contribution in [3.8, 4) is 0 Å². The Bertz CT molecular complexity index is 355. The fourth-order valence-electron chi connectivity index (χ4n) is 1.90. The first-order valence-electron chi connectivity index (χ1n) is 5.67.